The van der Waals surface area contributed by atoms with Crippen molar-refractivity contribution in [1.29, 1.82) is 0 Å². The summed E-state index contributed by atoms with van der Waals surface area (Å²) < 4.78 is 16.9. The van der Waals surface area contributed by atoms with E-state index in [1.54, 1.807) is 0 Å². The monoisotopic (exact) mass is 1100 g/mol. The number of esters is 3. The molecule has 6 nitrogen and oxygen atoms in total. The van der Waals surface area contributed by atoms with Crippen molar-refractivity contribution in [3.05, 3.63) is 109 Å². The van der Waals surface area contributed by atoms with Gasteiger partial charge in [0.2, 0.25) is 0 Å². The maximum Gasteiger partial charge on any atom is 0.306 e. The van der Waals surface area contributed by atoms with Crippen molar-refractivity contribution in [2.24, 2.45) is 0 Å². The highest BCUT2D eigenvalue weighted by molar-refractivity contribution is 5.71. The van der Waals surface area contributed by atoms with E-state index in [2.05, 4.69) is 130 Å². The summed E-state index contributed by atoms with van der Waals surface area (Å²) in [6, 6.07) is 0. The fourth-order valence-electron chi connectivity index (χ4n) is 9.35. The largest absolute Gasteiger partial charge is 0.462 e. The molecule has 0 saturated heterocycles. The topological polar surface area (TPSA) is 78.9 Å². The molecule has 79 heavy (non-hydrogen) atoms. The van der Waals surface area contributed by atoms with E-state index in [1.807, 2.05) is 0 Å². The Morgan fingerprint density at radius 2 is 0.494 bits per heavy atom. The Morgan fingerprint density at radius 1 is 0.266 bits per heavy atom. The molecule has 0 aromatic heterocycles. The highest BCUT2D eigenvalue weighted by Gasteiger charge is 2.19. The Kier molecular flexibility index (Phi) is 63.3. The Labute approximate surface area is 489 Å². The molecule has 0 heterocycles. The van der Waals surface area contributed by atoms with Gasteiger partial charge in [-0.15, -0.1) is 0 Å². The highest BCUT2D eigenvalue weighted by atomic mass is 16.6. The highest BCUT2D eigenvalue weighted by Crippen LogP contribution is 2.17. The molecule has 0 spiro atoms. The zero-order chi connectivity index (χ0) is 57.1. The first kappa shape index (κ1) is 75.1. The molecule has 0 amide bonds. The molecule has 452 valence electrons. The van der Waals surface area contributed by atoms with Crippen LogP contribution in [0.15, 0.2) is 109 Å². The molecule has 0 aliphatic rings. The van der Waals surface area contributed by atoms with Crippen LogP contribution in [0.25, 0.3) is 0 Å². The lowest BCUT2D eigenvalue weighted by Gasteiger charge is -2.18. The van der Waals surface area contributed by atoms with Crippen molar-refractivity contribution in [1.82, 2.24) is 0 Å². The van der Waals surface area contributed by atoms with Gasteiger partial charge < -0.3 is 14.2 Å². The molecule has 0 N–H and O–H groups in total. The van der Waals surface area contributed by atoms with Crippen LogP contribution < -0.4 is 0 Å². The van der Waals surface area contributed by atoms with Gasteiger partial charge in [-0.25, -0.2) is 0 Å². The molecule has 1 unspecified atom stereocenters. The zero-order valence-corrected chi connectivity index (χ0v) is 51.9. The van der Waals surface area contributed by atoms with E-state index in [0.717, 1.165) is 122 Å². The summed E-state index contributed by atoms with van der Waals surface area (Å²) in [4.78, 5) is 38.4. The number of rotatable bonds is 60. The van der Waals surface area contributed by atoms with Crippen LogP contribution in [0.4, 0.5) is 0 Å². The van der Waals surface area contributed by atoms with Crippen molar-refractivity contribution in [2.75, 3.05) is 13.2 Å². The van der Waals surface area contributed by atoms with Crippen molar-refractivity contribution >= 4 is 17.9 Å². The molecule has 0 rings (SSSR count). The van der Waals surface area contributed by atoms with Crippen LogP contribution in [0.3, 0.4) is 0 Å². The summed E-state index contributed by atoms with van der Waals surface area (Å²) in [5, 5.41) is 0. The molecule has 0 aromatic carbocycles. The summed E-state index contributed by atoms with van der Waals surface area (Å²) in [6.45, 7) is 6.40. The molecule has 0 fully saturated rings. The van der Waals surface area contributed by atoms with Crippen molar-refractivity contribution in [2.45, 2.75) is 322 Å². The third-order valence-electron chi connectivity index (χ3n) is 14.3. The minimum Gasteiger partial charge on any atom is -0.462 e. The molecule has 0 saturated carbocycles. The van der Waals surface area contributed by atoms with Crippen LogP contribution in [-0.4, -0.2) is 37.2 Å². The van der Waals surface area contributed by atoms with E-state index in [9.17, 15) is 14.4 Å². The van der Waals surface area contributed by atoms with Crippen LogP contribution >= 0.6 is 0 Å². The number of carbonyl (C=O) groups is 3. The van der Waals surface area contributed by atoms with Crippen molar-refractivity contribution in [3.8, 4) is 0 Å². The zero-order valence-electron chi connectivity index (χ0n) is 51.9. The first-order valence-electron chi connectivity index (χ1n) is 33.4. The van der Waals surface area contributed by atoms with Crippen LogP contribution in [0.1, 0.15) is 316 Å². The molecule has 6 heteroatoms. The van der Waals surface area contributed by atoms with Gasteiger partial charge in [0, 0.05) is 19.3 Å². The van der Waals surface area contributed by atoms with Crippen molar-refractivity contribution in [3.63, 3.8) is 0 Å². The number of hydrogen-bond acceptors (Lipinski definition) is 6. The summed E-state index contributed by atoms with van der Waals surface area (Å²) in [5.74, 6) is -0.937. The van der Waals surface area contributed by atoms with Gasteiger partial charge >= 0.3 is 17.9 Å². The fraction of sp³-hybridized carbons (Fsp3) is 0.712. The van der Waals surface area contributed by atoms with Gasteiger partial charge in [0.15, 0.2) is 6.10 Å². The summed E-state index contributed by atoms with van der Waals surface area (Å²) >= 11 is 0. The fourth-order valence-corrected chi connectivity index (χ4v) is 9.35. The maximum atomic E-state index is 12.9. The van der Waals surface area contributed by atoms with Gasteiger partial charge in [0.05, 0.1) is 0 Å². The van der Waals surface area contributed by atoms with Gasteiger partial charge in [-0.05, 0) is 103 Å². The SMILES string of the molecule is CC/C=C\C/C=C\C/C=C\C/C=C\C/C=C\CCCCCCCCCC(=O)OCC(COC(=O)CCCC/C=C\C/C=C\C/C=C\C/C=C\CC)OC(=O)CCCCCCCCCCCCCCCCCCCCCCCCC. The molecule has 1 atom stereocenters. The smallest absolute Gasteiger partial charge is 0.306 e. The average Bonchev–Trinajstić information content (AvgIpc) is 3.45. The number of unbranched alkanes of at least 4 members (excludes halogenated alkanes) is 31. The lowest BCUT2D eigenvalue weighted by atomic mass is 10.0. The van der Waals surface area contributed by atoms with Crippen molar-refractivity contribution < 1.29 is 28.6 Å². The molecular weight excluding hydrogens is 973 g/mol. The van der Waals surface area contributed by atoms with Gasteiger partial charge in [0.1, 0.15) is 13.2 Å². The number of allylic oxidation sites excluding steroid dienone is 18. The van der Waals surface area contributed by atoms with E-state index in [-0.39, 0.29) is 31.1 Å². The lowest BCUT2D eigenvalue weighted by molar-refractivity contribution is -0.167. The normalized spacial score (nSPS) is 12.8. The number of hydrogen-bond donors (Lipinski definition) is 0. The molecule has 0 radical (unpaired) electrons. The van der Waals surface area contributed by atoms with Crippen LogP contribution in [0.5, 0.6) is 0 Å². The predicted molar refractivity (Wildman–Crippen MR) is 343 cm³/mol. The summed E-state index contributed by atoms with van der Waals surface area (Å²) in [7, 11) is 0. The van der Waals surface area contributed by atoms with E-state index < -0.39 is 6.10 Å². The molecule has 0 aromatic rings. The maximum absolute atomic E-state index is 12.9. The van der Waals surface area contributed by atoms with Gasteiger partial charge in [0.25, 0.3) is 0 Å². The van der Waals surface area contributed by atoms with Crippen LogP contribution in [0, 0.1) is 0 Å². The molecule has 0 aliphatic heterocycles. The Balaban J connectivity index is 4.39. The number of carbonyl (C=O) groups excluding carboxylic acids is 3. The van der Waals surface area contributed by atoms with E-state index in [4.69, 9.17) is 14.2 Å². The first-order valence-corrected chi connectivity index (χ1v) is 33.4. The third-order valence-corrected chi connectivity index (χ3v) is 14.3. The minimum atomic E-state index is -0.802. The second-order valence-electron chi connectivity index (χ2n) is 22.0. The quantitative estimate of drug-likeness (QED) is 0.0261. The number of ether oxygens (including phenoxy) is 3. The van der Waals surface area contributed by atoms with E-state index in [1.165, 1.54) is 154 Å². The second kappa shape index (κ2) is 66.6. The van der Waals surface area contributed by atoms with Gasteiger partial charge in [-0.1, -0.05) is 304 Å². The third kappa shape index (κ3) is 64.8. The minimum absolute atomic E-state index is 0.0963. The van der Waals surface area contributed by atoms with E-state index >= 15 is 0 Å². The first-order chi connectivity index (χ1) is 39.0. The Bertz CT molecular complexity index is 1590. The standard InChI is InChI=1S/C73H124O6/c1-4-7-10-13-16-19-22-25-28-30-32-34-36-38-40-42-45-48-51-54-57-60-63-66-72(75)78-69-70(68-77-71(74)65-62-59-56-53-50-47-44-27-24-21-18-15-12-9-6-3)79-73(76)67-64-61-58-55-52-49-46-43-41-39-37-35-33-31-29-26-23-20-17-14-11-8-5-2/h7,9-10,12,16,18-19,21,25,27-28,32,34,38,40,44,50,53,70H,4-6,8,11,13-15,17,20,22-24,26,29-31,33,35-37,39,41-43,45-49,51-52,54-69H2,1-3H3/b10-7-,12-9-,19-16-,21-18-,28-25-,34-32-,40-38-,44-27-,53-50-. The van der Waals surface area contributed by atoms with Crippen LogP contribution in [-0.2, 0) is 28.6 Å². The predicted octanol–water partition coefficient (Wildman–Crippen LogP) is 23.0. The van der Waals surface area contributed by atoms with E-state index in [0.29, 0.717) is 19.3 Å². The summed E-state index contributed by atoms with van der Waals surface area (Å²) in [5.41, 5.74) is 0. The molecular formula is C73H124O6. The summed E-state index contributed by atoms with van der Waals surface area (Å²) in [6.07, 6.45) is 91.1. The molecule has 0 aliphatic carbocycles. The van der Waals surface area contributed by atoms with Crippen LogP contribution in [0.2, 0.25) is 0 Å². The lowest BCUT2D eigenvalue weighted by Crippen LogP contribution is -2.30. The van der Waals surface area contributed by atoms with Gasteiger partial charge in [-0.3, -0.25) is 14.4 Å². The Hall–Kier alpha value is -3.93. The average molecular weight is 1100 g/mol. The second-order valence-corrected chi connectivity index (χ2v) is 22.0. The Morgan fingerprint density at radius 3 is 0.797 bits per heavy atom. The van der Waals surface area contributed by atoms with Gasteiger partial charge in [-0.2, -0.15) is 0 Å². The molecule has 0 bridgehead atoms.